The molecule has 0 bridgehead atoms. The lowest BCUT2D eigenvalue weighted by Crippen LogP contribution is -2.44. The van der Waals surface area contributed by atoms with Gasteiger partial charge in [0.2, 0.25) is 0 Å². The number of nitrogens with one attached hydrogen (secondary N) is 1. The number of anilines is 2. The molecule has 1 saturated heterocycles. The van der Waals surface area contributed by atoms with Gasteiger partial charge in [0.15, 0.2) is 0 Å². The van der Waals surface area contributed by atoms with Crippen LogP contribution in [0, 0.1) is 18.3 Å². The third kappa shape index (κ3) is 5.91. The quantitative estimate of drug-likeness (QED) is 0.399. The number of nitrogens with zero attached hydrogens (tertiary/aromatic N) is 4. The highest BCUT2D eigenvalue weighted by Gasteiger charge is 2.16. The Kier molecular flexibility index (Phi) is 8.19. The Morgan fingerprint density at radius 1 is 1.09 bits per heavy atom. The lowest BCUT2D eigenvalue weighted by molar-refractivity contribution is 0.145. The van der Waals surface area contributed by atoms with Gasteiger partial charge in [0.1, 0.15) is 17.6 Å². The molecule has 2 aromatic carbocycles. The second kappa shape index (κ2) is 11.3. The van der Waals surface area contributed by atoms with Gasteiger partial charge in [0.05, 0.1) is 46.2 Å². The van der Waals surface area contributed by atoms with Crippen LogP contribution in [0.2, 0.25) is 10.0 Å². The normalized spacial score (nSPS) is 14.6. The summed E-state index contributed by atoms with van der Waals surface area (Å²) in [5.74, 6) is 1.28. The van der Waals surface area contributed by atoms with Crippen molar-refractivity contribution in [1.29, 1.82) is 5.26 Å². The molecule has 0 spiro atoms. The second-order valence-corrected chi connectivity index (χ2v) is 9.55. The summed E-state index contributed by atoms with van der Waals surface area (Å²) in [5, 5.41) is 14.6. The van der Waals surface area contributed by atoms with E-state index in [1.54, 1.807) is 18.3 Å². The maximum atomic E-state index is 9.72. The molecule has 1 aliphatic heterocycles. The van der Waals surface area contributed by atoms with Crippen molar-refractivity contribution in [2.24, 2.45) is 0 Å². The zero-order chi connectivity index (χ0) is 24.9. The van der Waals surface area contributed by atoms with Crippen LogP contribution >= 0.6 is 23.2 Å². The molecular formula is C26H29Cl2N5O2. The van der Waals surface area contributed by atoms with Crippen molar-refractivity contribution in [1.82, 2.24) is 14.8 Å². The number of piperazine rings is 1. The molecule has 0 aliphatic carbocycles. The first kappa shape index (κ1) is 25.3. The van der Waals surface area contributed by atoms with Gasteiger partial charge >= 0.3 is 0 Å². The lowest BCUT2D eigenvalue weighted by Gasteiger charge is -2.32. The minimum atomic E-state index is 0.405. The standard InChI is InChI=1S/C26H29Cl2N5O2/c1-17-11-19-22(13-24(17)35-10-4-5-33-8-6-32(2)7-9-33)30-16-18(15-29)26(19)31-23-14-25(34-3)21(28)12-20(23)27/h11-14,16H,4-10H2,1-3H3,(H,30,31). The molecule has 35 heavy (non-hydrogen) atoms. The first-order chi connectivity index (χ1) is 16.9. The predicted molar refractivity (Wildman–Crippen MR) is 142 cm³/mol. The van der Waals surface area contributed by atoms with Gasteiger partial charge < -0.3 is 24.6 Å². The Labute approximate surface area is 216 Å². The predicted octanol–water partition coefficient (Wildman–Crippen LogP) is 5.49. The van der Waals surface area contributed by atoms with Crippen LogP contribution in [0.1, 0.15) is 17.5 Å². The Balaban J connectivity index is 1.53. The van der Waals surface area contributed by atoms with Crippen molar-refractivity contribution in [2.45, 2.75) is 13.3 Å². The smallest absolute Gasteiger partial charge is 0.139 e. The van der Waals surface area contributed by atoms with Gasteiger partial charge in [-0.05, 0) is 38.1 Å². The van der Waals surface area contributed by atoms with Crippen molar-refractivity contribution in [3.63, 3.8) is 0 Å². The van der Waals surface area contributed by atoms with E-state index in [1.807, 2.05) is 19.1 Å². The van der Waals surface area contributed by atoms with Crippen LogP contribution in [0.5, 0.6) is 11.5 Å². The number of benzene rings is 2. The van der Waals surface area contributed by atoms with Crippen LogP contribution in [-0.4, -0.2) is 68.3 Å². The fourth-order valence-corrected chi connectivity index (χ4v) is 4.67. The summed E-state index contributed by atoms with van der Waals surface area (Å²) >= 11 is 12.6. The average molecular weight is 514 g/mol. The van der Waals surface area contributed by atoms with Gasteiger partial charge in [-0.1, -0.05) is 23.2 Å². The molecular weight excluding hydrogens is 485 g/mol. The maximum Gasteiger partial charge on any atom is 0.139 e. The van der Waals surface area contributed by atoms with E-state index in [0.717, 1.165) is 61.4 Å². The minimum absolute atomic E-state index is 0.405. The third-order valence-electron chi connectivity index (χ3n) is 6.26. The number of aryl methyl sites for hydroxylation is 1. The fraction of sp³-hybridized carbons (Fsp3) is 0.385. The Bertz CT molecular complexity index is 1250. The molecule has 1 aliphatic rings. The number of hydrogen-bond acceptors (Lipinski definition) is 7. The van der Waals surface area contributed by atoms with Crippen molar-refractivity contribution in [3.8, 4) is 17.6 Å². The average Bonchev–Trinajstić information content (AvgIpc) is 2.85. The van der Waals surface area contributed by atoms with Gasteiger partial charge in [-0.2, -0.15) is 5.26 Å². The van der Waals surface area contributed by atoms with Gasteiger partial charge in [-0.3, -0.25) is 4.98 Å². The Morgan fingerprint density at radius 3 is 2.57 bits per heavy atom. The summed E-state index contributed by atoms with van der Waals surface area (Å²) in [6, 6.07) is 9.45. The molecule has 3 aromatic rings. The largest absolute Gasteiger partial charge is 0.495 e. The van der Waals surface area contributed by atoms with E-state index in [1.165, 1.54) is 7.11 Å². The zero-order valence-corrected chi connectivity index (χ0v) is 21.7. The molecule has 0 atom stereocenters. The number of aromatic nitrogens is 1. The van der Waals surface area contributed by atoms with Crippen molar-refractivity contribution >= 4 is 45.5 Å². The number of ether oxygens (including phenoxy) is 2. The van der Waals surface area contributed by atoms with Crippen molar-refractivity contribution < 1.29 is 9.47 Å². The topological polar surface area (TPSA) is 73.6 Å². The summed E-state index contributed by atoms with van der Waals surface area (Å²) in [4.78, 5) is 9.34. The summed E-state index contributed by atoms with van der Waals surface area (Å²) in [6.45, 7) is 8.11. The number of halogens is 2. The molecule has 9 heteroatoms. The zero-order valence-electron chi connectivity index (χ0n) is 20.2. The molecule has 1 aromatic heterocycles. The van der Waals surface area contributed by atoms with E-state index in [4.69, 9.17) is 32.7 Å². The molecule has 184 valence electrons. The lowest BCUT2D eigenvalue weighted by atomic mass is 10.1. The molecule has 0 radical (unpaired) electrons. The van der Waals surface area contributed by atoms with E-state index in [-0.39, 0.29) is 0 Å². The molecule has 0 unspecified atom stereocenters. The highest BCUT2D eigenvalue weighted by molar-refractivity contribution is 6.37. The molecule has 0 saturated carbocycles. The van der Waals surface area contributed by atoms with E-state index < -0.39 is 0 Å². The molecule has 4 rings (SSSR count). The van der Waals surface area contributed by atoms with E-state index in [9.17, 15) is 5.26 Å². The number of fused-ring (bicyclic) bond motifs is 1. The van der Waals surface area contributed by atoms with Crippen LogP contribution in [-0.2, 0) is 0 Å². The van der Waals surface area contributed by atoms with Crippen molar-refractivity contribution in [3.05, 3.63) is 51.6 Å². The van der Waals surface area contributed by atoms with E-state index in [0.29, 0.717) is 39.3 Å². The molecule has 2 heterocycles. The van der Waals surface area contributed by atoms with Gasteiger partial charge in [-0.15, -0.1) is 0 Å². The molecule has 7 nitrogen and oxygen atoms in total. The first-order valence-electron chi connectivity index (χ1n) is 11.6. The highest BCUT2D eigenvalue weighted by atomic mass is 35.5. The summed E-state index contributed by atoms with van der Waals surface area (Å²) in [5.41, 5.74) is 3.30. The fourth-order valence-electron chi connectivity index (χ4n) is 4.16. The summed E-state index contributed by atoms with van der Waals surface area (Å²) in [6.07, 6.45) is 2.52. The number of pyridine rings is 1. The summed E-state index contributed by atoms with van der Waals surface area (Å²) in [7, 11) is 3.70. The molecule has 1 fully saturated rings. The number of methoxy groups -OCH3 is 1. The monoisotopic (exact) mass is 513 g/mol. The Morgan fingerprint density at radius 2 is 1.86 bits per heavy atom. The summed E-state index contributed by atoms with van der Waals surface area (Å²) < 4.78 is 11.4. The van der Waals surface area contributed by atoms with Gasteiger partial charge in [0, 0.05) is 56.4 Å². The van der Waals surface area contributed by atoms with Crippen molar-refractivity contribution in [2.75, 3.05) is 58.8 Å². The van der Waals surface area contributed by atoms with Gasteiger partial charge in [0.25, 0.3) is 0 Å². The molecule has 0 amide bonds. The first-order valence-corrected chi connectivity index (χ1v) is 12.3. The number of rotatable bonds is 8. The number of hydrogen-bond donors (Lipinski definition) is 1. The van der Waals surface area contributed by atoms with Crippen LogP contribution in [0.4, 0.5) is 11.4 Å². The SMILES string of the molecule is COc1cc(Nc2c(C#N)cnc3cc(OCCCN4CCN(C)CC4)c(C)cc23)c(Cl)cc1Cl. The van der Waals surface area contributed by atoms with Crippen LogP contribution in [0.25, 0.3) is 10.9 Å². The van der Waals surface area contributed by atoms with Gasteiger partial charge in [-0.25, -0.2) is 0 Å². The van der Waals surface area contributed by atoms with Crippen LogP contribution in [0.3, 0.4) is 0 Å². The molecule has 1 N–H and O–H groups in total. The number of likely N-dealkylation sites (N-methyl/N-ethyl adjacent to an activating group) is 1. The third-order valence-corrected chi connectivity index (χ3v) is 6.87. The second-order valence-electron chi connectivity index (χ2n) is 8.73. The van der Waals surface area contributed by atoms with E-state index >= 15 is 0 Å². The Hall–Kier alpha value is -2.76. The van der Waals surface area contributed by atoms with Crippen LogP contribution in [0.15, 0.2) is 30.5 Å². The van der Waals surface area contributed by atoms with E-state index in [2.05, 4.69) is 33.2 Å². The number of nitriles is 1. The highest BCUT2D eigenvalue weighted by Crippen LogP contribution is 2.38. The van der Waals surface area contributed by atoms with Crippen LogP contribution < -0.4 is 14.8 Å². The maximum absolute atomic E-state index is 9.72. The minimum Gasteiger partial charge on any atom is -0.495 e.